The van der Waals surface area contributed by atoms with E-state index in [1.807, 2.05) is 12.3 Å². The Kier molecular flexibility index (Phi) is 5.48. The Morgan fingerprint density at radius 2 is 2.06 bits per heavy atom. The molecule has 6 nitrogen and oxygen atoms in total. The summed E-state index contributed by atoms with van der Waals surface area (Å²) in [5, 5.41) is 1.28. The summed E-state index contributed by atoms with van der Waals surface area (Å²) in [7, 11) is 1.73. The van der Waals surface area contributed by atoms with E-state index in [0.29, 0.717) is 6.04 Å². The van der Waals surface area contributed by atoms with Gasteiger partial charge >= 0.3 is 0 Å². The highest BCUT2D eigenvalue weighted by Gasteiger charge is 2.22. The molecule has 0 amide bonds. The van der Waals surface area contributed by atoms with Crippen molar-refractivity contribution in [1.29, 1.82) is 0 Å². The van der Waals surface area contributed by atoms with Gasteiger partial charge in [0.1, 0.15) is 5.75 Å². The molecule has 5 rings (SSSR count). The maximum absolute atomic E-state index is 5.50. The van der Waals surface area contributed by atoms with E-state index in [-0.39, 0.29) is 0 Å². The van der Waals surface area contributed by atoms with Crippen LogP contribution < -0.4 is 4.74 Å². The van der Waals surface area contributed by atoms with Crippen LogP contribution in [0.1, 0.15) is 61.8 Å². The van der Waals surface area contributed by atoms with Crippen molar-refractivity contribution < 1.29 is 4.74 Å². The number of aromatic nitrogens is 3. The molecule has 2 aromatic heterocycles. The molecule has 162 valence electrons. The summed E-state index contributed by atoms with van der Waals surface area (Å²) in [5.74, 6) is 1.75. The van der Waals surface area contributed by atoms with E-state index in [1.165, 1.54) is 40.6 Å². The highest BCUT2D eigenvalue weighted by molar-refractivity contribution is 5.97. The first-order valence-electron chi connectivity index (χ1n) is 11.4. The molecule has 0 fully saturated rings. The SMILES string of the molecule is COc1ccc2c(c1)c(CN1CCc3nc(C4=NCCCC4)ncc3C1)cn2C(C)C. The lowest BCUT2D eigenvalue weighted by Gasteiger charge is -2.28. The van der Waals surface area contributed by atoms with Gasteiger partial charge in [0.2, 0.25) is 0 Å². The molecular weight excluding hydrogens is 386 g/mol. The predicted molar refractivity (Wildman–Crippen MR) is 124 cm³/mol. The Morgan fingerprint density at radius 3 is 2.84 bits per heavy atom. The number of nitrogens with zero attached hydrogens (tertiary/aromatic N) is 5. The lowest BCUT2D eigenvalue weighted by atomic mass is 10.0. The zero-order chi connectivity index (χ0) is 21.4. The first kappa shape index (κ1) is 20.2. The fraction of sp³-hybridized carbons (Fsp3) is 0.480. The molecule has 3 aromatic rings. The number of hydrogen-bond acceptors (Lipinski definition) is 5. The molecule has 0 saturated carbocycles. The van der Waals surface area contributed by atoms with Gasteiger partial charge in [0.05, 0.1) is 18.5 Å². The van der Waals surface area contributed by atoms with E-state index in [2.05, 4.69) is 51.6 Å². The quantitative estimate of drug-likeness (QED) is 0.611. The van der Waals surface area contributed by atoms with Crippen LogP contribution in [0.2, 0.25) is 0 Å². The summed E-state index contributed by atoms with van der Waals surface area (Å²) in [6.45, 7) is 8.19. The van der Waals surface area contributed by atoms with Crippen LogP contribution in [0, 0.1) is 0 Å². The van der Waals surface area contributed by atoms with Gasteiger partial charge in [-0.15, -0.1) is 0 Å². The third kappa shape index (κ3) is 3.97. The number of aliphatic imine (C=N–C) groups is 1. The second kappa shape index (κ2) is 8.42. The Labute approximate surface area is 184 Å². The number of ether oxygens (including phenoxy) is 1. The third-order valence-electron chi connectivity index (χ3n) is 6.47. The van der Waals surface area contributed by atoms with Gasteiger partial charge in [-0.3, -0.25) is 9.89 Å². The van der Waals surface area contributed by atoms with Crippen molar-refractivity contribution >= 4 is 16.6 Å². The molecule has 2 aliphatic heterocycles. The van der Waals surface area contributed by atoms with Crippen LogP contribution in [0.15, 0.2) is 35.6 Å². The van der Waals surface area contributed by atoms with Gasteiger partial charge in [-0.2, -0.15) is 0 Å². The van der Waals surface area contributed by atoms with Crippen LogP contribution in [0.3, 0.4) is 0 Å². The van der Waals surface area contributed by atoms with E-state index >= 15 is 0 Å². The molecule has 1 aromatic carbocycles. The minimum Gasteiger partial charge on any atom is -0.497 e. The van der Waals surface area contributed by atoms with Crippen molar-refractivity contribution in [3.8, 4) is 5.75 Å². The minimum atomic E-state index is 0.418. The van der Waals surface area contributed by atoms with Crippen molar-refractivity contribution in [2.24, 2.45) is 4.99 Å². The number of benzene rings is 1. The lowest BCUT2D eigenvalue weighted by molar-refractivity contribution is 0.243. The fourth-order valence-corrected chi connectivity index (χ4v) is 4.75. The van der Waals surface area contributed by atoms with E-state index in [9.17, 15) is 0 Å². The molecule has 0 spiro atoms. The number of methoxy groups -OCH3 is 1. The monoisotopic (exact) mass is 417 g/mol. The van der Waals surface area contributed by atoms with Crippen molar-refractivity contribution in [2.45, 2.75) is 58.7 Å². The van der Waals surface area contributed by atoms with E-state index in [1.54, 1.807) is 7.11 Å². The smallest absolute Gasteiger partial charge is 0.173 e. The Balaban J connectivity index is 1.39. The maximum atomic E-state index is 5.50. The number of rotatable bonds is 5. The Bertz CT molecular complexity index is 1130. The summed E-state index contributed by atoms with van der Waals surface area (Å²) in [6.07, 6.45) is 8.69. The lowest BCUT2D eigenvalue weighted by Crippen LogP contribution is -2.31. The normalized spacial score (nSPS) is 17.1. The molecule has 6 heteroatoms. The third-order valence-corrected chi connectivity index (χ3v) is 6.47. The highest BCUT2D eigenvalue weighted by atomic mass is 16.5. The molecule has 0 unspecified atom stereocenters. The minimum absolute atomic E-state index is 0.418. The van der Waals surface area contributed by atoms with Gasteiger partial charge < -0.3 is 9.30 Å². The summed E-state index contributed by atoms with van der Waals surface area (Å²) in [4.78, 5) is 16.7. The zero-order valence-electron chi connectivity index (χ0n) is 18.8. The molecule has 4 heterocycles. The average Bonchev–Trinajstić information content (AvgIpc) is 3.17. The van der Waals surface area contributed by atoms with Crippen LogP contribution in [0.25, 0.3) is 10.9 Å². The van der Waals surface area contributed by atoms with Crippen LogP contribution >= 0.6 is 0 Å². The second-order valence-corrected chi connectivity index (χ2v) is 8.95. The van der Waals surface area contributed by atoms with E-state index in [4.69, 9.17) is 9.72 Å². The molecule has 0 N–H and O–H groups in total. The predicted octanol–water partition coefficient (Wildman–Crippen LogP) is 4.55. The molecule has 0 aliphatic carbocycles. The standard InChI is InChI=1S/C25H31N5O/c1-17(2)30-16-19(21-12-20(31-3)7-8-24(21)30)15-29-11-9-22-18(14-29)13-27-25(28-22)23-6-4-5-10-26-23/h7-8,12-13,16-17H,4-6,9-11,14-15H2,1-3H3. The van der Waals surface area contributed by atoms with Gasteiger partial charge in [-0.25, -0.2) is 9.97 Å². The summed E-state index contributed by atoms with van der Waals surface area (Å²) in [6, 6.07) is 6.81. The molecule has 2 aliphatic rings. The van der Waals surface area contributed by atoms with Crippen molar-refractivity contribution in [2.75, 3.05) is 20.2 Å². The first-order chi connectivity index (χ1) is 15.1. The highest BCUT2D eigenvalue weighted by Crippen LogP contribution is 2.30. The van der Waals surface area contributed by atoms with Gasteiger partial charge in [0.25, 0.3) is 0 Å². The van der Waals surface area contributed by atoms with E-state index in [0.717, 1.165) is 56.3 Å². The van der Waals surface area contributed by atoms with Gasteiger partial charge in [-0.05, 0) is 56.9 Å². The van der Waals surface area contributed by atoms with Crippen LogP contribution in [0.4, 0.5) is 0 Å². The molecule has 0 atom stereocenters. The van der Waals surface area contributed by atoms with Crippen molar-refractivity contribution in [3.05, 3.63) is 53.2 Å². The van der Waals surface area contributed by atoms with Crippen LogP contribution in [-0.2, 0) is 19.5 Å². The average molecular weight is 418 g/mol. The van der Waals surface area contributed by atoms with Crippen molar-refractivity contribution in [3.63, 3.8) is 0 Å². The maximum Gasteiger partial charge on any atom is 0.173 e. The topological polar surface area (TPSA) is 55.5 Å². The summed E-state index contributed by atoms with van der Waals surface area (Å²) >= 11 is 0. The Hall–Kier alpha value is -2.73. The first-order valence-corrected chi connectivity index (χ1v) is 11.4. The van der Waals surface area contributed by atoms with Crippen LogP contribution in [-0.4, -0.2) is 45.3 Å². The van der Waals surface area contributed by atoms with Gasteiger partial charge in [0.15, 0.2) is 5.82 Å². The van der Waals surface area contributed by atoms with Gasteiger partial charge in [0, 0.05) is 67.5 Å². The summed E-state index contributed by atoms with van der Waals surface area (Å²) < 4.78 is 7.86. The molecule has 0 saturated heterocycles. The second-order valence-electron chi connectivity index (χ2n) is 8.95. The molecular formula is C25H31N5O. The molecule has 0 radical (unpaired) electrons. The number of fused-ring (bicyclic) bond motifs is 2. The zero-order valence-corrected chi connectivity index (χ0v) is 18.8. The fourth-order valence-electron chi connectivity index (χ4n) is 4.75. The summed E-state index contributed by atoms with van der Waals surface area (Å²) in [5.41, 5.74) is 6.15. The van der Waals surface area contributed by atoms with Crippen LogP contribution in [0.5, 0.6) is 5.75 Å². The Morgan fingerprint density at radius 1 is 1.16 bits per heavy atom. The molecule has 0 bridgehead atoms. The van der Waals surface area contributed by atoms with E-state index < -0.39 is 0 Å². The number of hydrogen-bond donors (Lipinski definition) is 0. The largest absolute Gasteiger partial charge is 0.497 e. The molecule has 31 heavy (non-hydrogen) atoms. The van der Waals surface area contributed by atoms with Gasteiger partial charge in [-0.1, -0.05) is 0 Å². The van der Waals surface area contributed by atoms with Crippen molar-refractivity contribution in [1.82, 2.24) is 19.4 Å².